The average Bonchev–Trinajstić information content (AvgIpc) is 2.57. The van der Waals surface area contributed by atoms with Crippen molar-refractivity contribution in [3.8, 4) is 5.88 Å². The summed E-state index contributed by atoms with van der Waals surface area (Å²) in [5.74, 6) is -3.75. The molecule has 1 heterocycles. The number of methoxy groups -OCH3 is 1. The van der Waals surface area contributed by atoms with Gasteiger partial charge in [0.05, 0.1) is 25.0 Å². The van der Waals surface area contributed by atoms with Crippen LogP contribution in [0, 0.1) is 11.6 Å². The van der Waals surface area contributed by atoms with Gasteiger partial charge in [0.2, 0.25) is 5.88 Å². The van der Waals surface area contributed by atoms with Crippen molar-refractivity contribution < 1.29 is 27.8 Å². The number of aromatic nitrogens is 1. The van der Waals surface area contributed by atoms with Gasteiger partial charge in [-0.25, -0.2) is 18.6 Å². The van der Waals surface area contributed by atoms with Crippen LogP contribution in [0.5, 0.6) is 5.88 Å². The van der Waals surface area contributed by atoms with Crippen molar-refractivity contribution >= 4 is 17.6 Å². The number of nitrogens with one attached hydrogen (secondary N) is 1. The van der Waals surface area contributed by atoms with Crippen LogP contribution >= 0.6 is 0 Å². The van der Waals surface area contributed by atoms with Crippen molar-refractivity contribution in [3.63, 3.8) is 0 Å². The van der Waals surface area contributed by atoms with Gasteiger partial charge < -0.3 is 14.8 Å². The van der Waals surface area contributed by atoms with Crippen molar-refractivity contribution in [2.24, 2.45) is 0 Å². The molecule has 24 heavy (non-hydrogen) atoms. The van der Waals surface area contributed by atoms with Crippen molar-refractivity contribution in [1.82, 2.24) is 4.98 Å². The van der Waals surface area contributed by atoms with Gasteiger partial charge in [0.1, 0.15) is 17.2 Å². The summed E-state index contributed by atoms with van der Waals surface area (Å²) in [6.07, 6.45) is 1.44. The highest BCUT2D eigenvalue weighted by molar-refractivity contribution is 6.06. The Labute approximate surface area is 136 Å². The number of pyridine rings is 1. The molecule has 2 rings (SSSR count). The third kappa shape index (κ3) is 3.65. The minimum absolute atomic E-state index is 0.0719. The first kappa shape index (κ1) is 17.3. The second kappa shape index (κ2) is 7.49. The first-order valence-corrected chi connectivity index (χ1v) is 6.94. The number of hydrogen-bond donors (Lipinski definition) is 1. The molecule has 0 saturated carbocycles. The summed E-state index contributed by atoms with van der Waals surface area (Å²) in [6.45, 7) is 2.01. The van der Waals surface area contributed by atoms with Crippen LogP contribution in [0.2, 0.25) is 0 Å². The maximum absolute atomic E-state index is 13.9. The van der Waals surface area contributed by atoms with Crippen LogP contribution in [0.25, 0.3) is 0 Å². The molecule has 8 heteroatoms. The van der Waals surface area contributed by atoms with Crippen molar-refractivity contribution in [2.45, 2.75) is 6.92 Å². The van der Waals surface area contributed by atoms with Crippen molar-refractivity contribution in [1.29, 1.82) is 0 Å². The van der Waals surface area contributed by atoms with Gasteiger partial charge >= 0.3 is 5.97 Å². The van der Waals surface area contributed by atoms with Gasteiger partial charge in [-0.05, 0) is 25.1 Å². The average molecular weight is 336 g/mol. The lowest BCUT2D eigenvalue weighted by Gasteiger charge is -2.11. The predicted molar refractivity (Wildman–Crippen MR) is 81.1 cm³/mol. The molecule has 0 radical (unpaired) electrons. The smallest absolute Gasteiger partial charge is 0.340 e. The molecule has 0 spiro atoms. The predicted octanol–water partition coefficient (Wildman–Crippen LogP) is 2.80. The number of anilines is 1. The third-order valence-corrected chi connectivity index (χ3v) is 3.01. The van der Waals surface area contributed by atoms with E-state index in [0.717, 1.165) is 13.2 Å². The van der Waals surface area contributed by atoms with E-state index in [1.165, 1.54) is 18.3 Å². The fourth-order valence-corrected chi connectivity index (χ4v) is 1.92. The van der Waals surface area contributed by atoms with Gasteiger partial charge in [-0.3, -0.25) is 4.79 Å². The number of carbonyl (C=O) groups is 2. The highest BCUT2D eigenvalue weighted by Crippen LogP contribution is 2.22. The molecule has 0 aliphatic rings. The van der Waals surface area contributed by atoms with Gasteiger partial charge in [0, 0.05) is 12.3 Å². The molecule has 0 aliphatic carbocycles. The van der Waals surface area contributed by atoms with E-state index in [4.69, 9.17) is 4.74 Å². The first-order valence-electron chi connectivity index (χ1n) is 6.94. The number of amides is 1. The molecule has 0 bridgehead atoms. The van der Waals surface area contributed by atoms with E-state index in [1.54, 1.807) is 6.92 Å². The van der Waals surface area contributed by atoms with Crippen LogP contribution < -0.4 is 10.1 Å². The fraction of sp³-hybridized carbons (Fsp3) is 0.188. The number of rotatable bonds is 5. The van der Waals surface area contributed by atoms with Gasteiger partial charge in [0.15, 0.2) is 0 Å². The summed E-state index contributed by atoms with van der Waals surface area (Å²) < 4.78 is 37.1. The number of halogens is 2. The van der Waals surface area contributed by atoms with Crippen LogP contribution in [0.15, 0.2) is 30.5 Å². The standard InChI is InChI=1S/C16H14F2N2O4/c1-3-24-15-9(5-4-6-19-15)14(21)20-13-7-10(16(22)23-2)11(17)8-12(13)18/h4-8H,3H2,1-2H3,(H,20,21). The Balaban J connectivity index is 2.34. The Kier molecular flexibility index (Phi) is 5.41. The largest absolute Gasteiger partial charge is 0.477 e. The monoisotopic (exact) mass is 336 g/mol. The maximum atomic E-state index is 13.9. The molecule has 0 atom stereocenters. The Hall–Kier alpha value is -3.03. The van der Waals surface area contributed by atoms with E-state index in [1.807, 2.05) is 0 Å². The van der Waals surface area contributed by atoms with Crippen LogP contribution in [-0.4, -0.2) is 30.6 Å². The summed E-state index contributed by atoms with van der Waals surface area (Å²) in [4.78, 5) is 27.7. The molecule has 1 N–H and O–H groups in total. The highest BCUT2D eigenvalue weighted by atomic mass is 19.1. The van der Waals surface area contributed by atoms with E-state index in [0.29, 0.717) is 6.07 Å². The molecule has 126 valence electrons. The van der Waals surface area contributed by atoms with E-state index in [2.05, 4.69) is 15.0 Å². The maximum Gasteiger partial charge on any atom is 0.340 e. The summed E-state index contributed by atoms with van der Waals surface area (Å²) in [6, 6.07) is 4.31. The number of ether oxygens (including phenoxy) is 2. The Bertz CT molecular complexity index is 781. The summed E-state index contributed by atoms with van der Waals surface area (Å²) >= 11 is 0. The molecule has 0 saturated heterocycles. The zero-order valence-corrected chi connectivity index (χ0v) is 12.9. The molecule has 1 amide bonds. The zero-order valence-electron chi connectivity index (χ0n) is 12.9. The van der Waals surface area contributed by atoms with E-state index < -0.39 is 29.1 Å². The minimum Gasteiger partial charge on any atom is -0.477 e. The van der Waals surface area contributed by atoms with Gasteiger partial charge in [0.25, 0.3) is 5.91 Å². The highest BCUT2D eigenvalue weighted by Gasteiger charge is 2.20. The Morgan fingerprint density at radius 2 is 1.96 bits per heavy atom. The lowest BCUT2D eigenvalue weighted by molar-refractivity contribution is 0.0595. The van der Waals surface area contributed by atoms with Crippen LogP contribution in [0.3, 0.4) is 0 Å². The first-order chi connectivity index (χ1) is 11.5. The number of benzene rings is 1. The normalized spacial score (nSPS) is 10.2. The molecule has 1 aromatic carbocycles. The summed E-state index contributed by atoms with van der Waals surface area (Å²) in [7, 11) is 1.06. The molecule has 2 aromatic rings. The van der Waals surface area contributed by atoms with Crippen LogP contribution in [-0.2, 0) is 4.74 Å². The van der Waals surface area contributed by atoms with Crippen LogP contribution in [0.4, 0.5) is 14.5 Å². The van der Waals surface area contributed by atoms with E-state index in [-0.39, 0.29) is 23.7 Å². The third-order valence-electron chi connectivity index (χ3n) is 3.01. The second-order valence-corrected chi connectivity index (χ2v) is 4.55. The SMILES string of the molecule is CCOc1ncccc1C(=O)Nc1cc(C(=O)OC)c(F)cc1F. The molecule has 0 aliphatic heterocycles. The van der Waals surface area contributed by atoms with E-state index >= 15 is 0 Å². The molecule has 0 unspecified atom stereocenters. The minimum atomic E-state index is -1.09. The summed E-state index contributed by atoms with van der Waals surface area (Å²) in [5.41, 5.74) is -0.791. The lowest BCUT2D eigenvalue weighted by atomic mass is 10.1. The number of carbonyl (C=O) groups excluding carboxylic acids is 2. The van der Waals surface area contributed by atoms with Crippen molar-refractivity contribution in [2.75, 3.05) is 19.0 Å². The van der Waals surface area contributed by atoms with Crippen LogP contribution in [0.1, 0.15) is 27.6 Å². The molecule has 6 nitrogen and oxygen atoms in total. The second-order valence-electron chi connectivity index (χ2n) is 4.55. The Morgan fingerprint density at radius 3 is 2.62 bits per heavy atom. The van der Waals surface area contributed by atoms with Gasteiger partial charge in [-0.1, -0.05) is 0 Å². The van der Waals surface area contributed by atoms with Gasteiger partial charge in [-0.15, -0.1) is 0 Å². The molecular weight excluding hydrogens is 322 g/mol. The quantitative estimate of drug-likeness (QED) is 0.850. The number of esters is 1. The molecular formula is C16H14F2N2O4. The lowest BCUT2D eigenvalue weighted by Crippen LogP contribution is -2.16. The number of hydrogen-bond acceptors (Lipinski definition) is 5. The Morgan fingerprint density at radius 1 is 1.21 bits per heavy atom. The van der Waals surface area contributed by atoms with Crippen molar-refractivity contribution in [3.05, 3.63) is 53.2 Å². The molecule has 0 fully saturated rings. The van der Waals surface area contributed by atoms with E-state index in [9.17, 15) is 18.4 Å². The zero-order chi connectivity index (χ0) is 17.7. The molecule has 1 aromatic heterocycles. The number of nitrogens with zero attached hydrogens (tertiary/aromatic N) is 1. The summed E-state index contributed by atoms with van der Waals surface area (Å²) in [5, 5.41) is 2.26. The fourth-order valence-electron chi connectivity index (χ4n) is 1.92. The van der Waals surface area contributed by atoms with Gasteiger partial charge in [-0.2, -0.15) is 0 Å². The topological polar surface area (TPSA) is 77.5 Å².